The molecule has 0 bridgehead atoms. The fourth-order valence-corrected chi connectivity index (χ4v) is 5.20. The first-order chi connectivity index (χ1) is 7.38. The minimum absolute atomic E-state index is 0.432. The predicted octanol–water partition coefficient (Wildman–Crippen LogP) is 3.24. The van der Waals surface area contributed by atoms with Gasteiger partial charge in [0.1, 0.15) is 0 Å². The number of hydrogen-bond acceptors (Lipinski definition) is 1. The number of benzene rings is 1. The lowest BCUT2D eigenvalue weighted by Gasteiger charge is -2.37. The van der Waals surface area contributed by atoms with Crippen molar-refractivity contribution in [2.75, 3.05) is 0 Å². The van der Waals surface area contributed by atoms with Crippen LogP contribution >= 0.6 is 0 Å². The summed E-state index contributed by atoms with van der Waals surface area (Å²) in [5.41, 5.74) is 2.36. The molecule has 1 unspecified atom stereocenters. The molecule has 0 fully saturated rings. The second-order valence-electron chi connectivity index (χ2n) is 6.41. The van der Waals surface area contributed by atoms with Crippen LogP contribution in [-0.2, 0) is 12.8 Å². The zero-order valence-corrected chi connectivity index (χ0v) is 11.6. The largest absolute Gasteiger partial charge is 0.390 e. The van der Waals surface area contributed by atoms with Gasteiger partial charge in [-0.3, -0.25) is 0 Å². The molecule has 2 rings (SSSR count). The van der Waals surface area contributed by atoms with Gasteiger partial charge in [0.2, 0.25) is 0 Å². The van der Waals surface area contributed by atoms with Crippen LogP contribution in [0.25, 0.3) is 0 Å². The fourth-order valence-electron chi connectivity index (χ4n) is 2.92. The Hall–Kier alpha value is -0.603. The fraction of sp³-hybridized carbons (Fsp3) is 0.571. The molecule has 16 heavy (non-hydrogen) atoms. The lowest BCUT2D eigenvalue weighted by molar-refractivity contribution is 0.0445. The van der Waals surface area contributed by atoms with Gasteiger partial charge in [0.15, 0.2) is 0 Å². The monoisotopic (exact) mass is 234 g/mol. The van der Waals surface area contributed by atoms with Gasteiger partial charge >= 0.3 is 0 Å². The smallest absolute Gasteiger partial charge is 0.0668 e. The first-order valence-corrected chi connectivity index (χ1v) is 9.88. The number of hydrogen-bond donors (Lipinski definition) is 1. The van der Waals surface area contributed by atoms with Crippen molar-refractivity contribution in [1.82, 2.24) is 0 Å². The van der Waals surface area contributed by atoms with E-state index >= 15 is 0 Å². The van der Waals surface area contributed by atoms with E-state index in [4.69, 9.17) is 0 Å². The molecule has 0 saturated heterocycles. The summed E-state index contributed by atoms with van der Waals surface area (Å²) in [6.45, 7) is 7.02. The van der Waals surface area contributed by atoms with Gasteiger partial charge in [0.25, 0.3) is 0 Å². The van der Waals surface area contributed by atoms with E-state index in [1.807, 2.05) is 0 Å². The maximum atomic E-state index is 10.7. The second kappa shape index (κ2) is 4.01. The molecule has 0 aromatic heterocycles. The highest BCUT2D eigenvalue weighted by Crippen LogP contribution is 2.34. The third kappa shape index (κ3) is 2.74. The lowest BCUT2D eigenvalue weighted by Crippen LogP contribution is -2.42. The Kier molecular flexibility index (Phi) is 2.97. The van der Waals surface area contributed by atoms with E-state index in [1.54, 1.807) is 0 Å². The van der Waals surface area contributed by atoms with Crippen molar-refractivity contribution in [3.8, 4) is 0 Å². The van der Waals surface area contributed by atoms with E-state index in [1.165, 1.54) is 11.1 Å². The Morgan fingerprint density at radius 2 is 1.81 bits per heavy atom. The summed E-state index contributed by atoms with van der Waals surface area (Å²) in [5.74, 6) is 0. The van der Waals surface area contributed by atoms with Crippen LogP contribution in [0.2, 0.25) is 25.7 Å². The summed E-state index contributed by atoms with van der Waals surface area (Å²) >= 11 is 0. The molecule has 1 atom stereocenters. The summed E-state index contributed by atoms with van der Waals surface area (Å²) in [5, 5.41) is 10.7. The molecular weight excluding hydrogens is 212 g/mol. The molecule has 0 amide bonds. The van der Waals surface area contributed by atoms with E-state index in [-0.39, 0.29) is 0 Å². The maximum Gasteiger partial charge on any atom is 0.0668 e. The highest BCUT2D eigenvalue weighted by atomic mass is 28.3. The van der Waals surface area contributed by atoms with Crippen LogP contribution in [0.1, 0.15) is 17.5 Å². The number of aryl methyl sites for hydroxylation is 1. The van der Waals surface area contributed by atoms with Crippen molar-refractivity contribution in [2.24, 2.45) is 0 Å². The van der Waals surface area contributed by atoms with E-state index in [0.717, 1.165) is 25.3 Å². The molecule has 2 heteroatoms. The molecule has 0 spiro atoms. The molecule has 1 aromatic rings. The van der Waals surface area contributed by atoms with E-state index in [9.17, 15) is 5.11 Å². The normalized spacial score (nSPS) is 25.2. The summed E-state index contributed by atoms with van der Waals surface area (Å²) in [7, 11) is -1.19. The highest BCUT2D eigenvalue weighted by molar-refractivity contribution is 6.76. The number of fused-ring (bicyclic) bond motifs is 1. The molecule has 0 radical (unpaired) electrons. The van der Waals surface area contributed by atoms with Crippen LogP contribution in [0.15, 0.2) is 24.3 Å². The molecule has 1 aliphatic carbocycles. The lowest BCUT2D eigenvalue weighted by atomic mass is 9.81. The van der Waals surface area contributed by atoms with Gasteiger partial charge in [0, 0.05) is 14.5 Å². The van der Waals surface area contributed by atoms with Gasteiger partial charge in [-0.05, 0) is 30.0 Å². The average molecular weight is 234 g/mol. The average Bonchev–Trinajstić information content (AvgIpc) is 2.14. The number of aliphatic hydroxyl groups is 1. The summed E-state index contributed by atoms with van der Waals surface area (Å²) in [6.07, 6.45) is 2.83. The minimum atomic E-state index is -1.19. The molecule has 0 aliphatic heterocycles. The molecule has 1 N–H and O–H groups in total. The molecule has 0 saturated carbocycles. The number of rotatable bonds is 2. The van der Waals surface area contributed by atoms with Gasteiger partial charge < -0.3 is 5.11 Å². The SMILES string of the molecule is C[Si](C)(C)CC1(O)CCc2ccccc2C1. The zero-order valence-electron chi connectivity index (χ0n) is 10.6. The van der Waals surface area contributed by atoms with E-state index in [2.05, 4.69) is 43.9 Å². The van der Waals surface area contributed by atoms with Crippen molar-refractivity contribution >= 4 is 8.07 Å². The first-order valence-electron chi connectivity index (χ1n) is 6.17. The van der Waals surface area contributed by atoms with Gasteiger partial charge in [-0.1, -0.05) is 43.9 Å². The van der Waals surface area contributed by atoms with Crippen LogP contribution in [0, 0.1) is 0 Å². The molecule has 0 heterocycles. The Morgan fingerprint density at radius 1 is 1.19 bits per heavy atom. The quantitative estimate of drug-likeness (QED) is 0.779. The highest BCUT2D eigenvalue weighted by Gasteiger charge is 2.36. The minimum Gasteiger partial charge on any atom is -0.390 e. The Balaban J connectivity index is 2.18. The molecule has 1 aliphatic rings. The molecule has 88 valence electrons. The molecule has 1 aromatic carbocycles. The van der Waals surface area contributed by atoms with Crippen LogP contribution in [0.4, 0.5) is 0 Å². The summed E-state index contributed by atoms with van der Waals surface area (Å²) < 4.78 is 0. The van der Waals surface area contributed by atoms with Gasteiger partial charge in [-0.15, -0.1) is 0 Å². The van der Waals surface area contributed by atoms with Crippen molar-refractivity contribution < 1.29 is 5.11 Å². The summed E-state index contributed by atoms with van der Waals surface area (Å²) in [6, 6.07) is 9.57. The Morgan fingerprint density at radius 3 is 2.44 bits per heavy atom. The molecular formula is C14H22OSi. The van der Waals surface area contributed by atoms with Gasteiger partial charge in [-0.25, -0.2) is 0 Å². The van der Waals surface area contributed by atoms with Crippen molar-refractivity contribution in [3.63, 3.8) is 0 Å². The van der Waals surface area contributed by atoms with Crippen molar-refractivity contribution in [1.29, 1.82) is 0 Å². The Bertz CT molecular complexity index is 381. The van der Waals surface area contributed by atoms with E-state index < -0.39 is 13.7 Å². The van der Waals surface area contributed by atoms with E-state index in [0.29, 0.717) is 0 Å². The maximum absolute atomic E-state index is 10.7. The van der Waals surface area contributed by atoms with Crippen LogP contribution in [0.5, 0.6) is 0 Å². The zero-order chi connectivity index (χ0) is 11.8. The van der Waals surface area contributed by atoms with Gasteiger partial charge in [-0.2, -0.15) is 0 Å². The van der Waals surface area contributed by atoms with Gasteiger partial charge in [0.05, 0.1) is 5.60 Å². The summed E-state index contributed by atoms with van der Waals surface area (Å²) in [4.78, 5) is 0. The standard InChI is InChI=1S/C14H22OSi/c1-16(2,3)11-14(15)9-8-12-6-4-5-7-13(12)10-14/h4-7,15H,8-11H2,1-3H3. The van der Waals surface area contributed by atoms with Crippen LogP contribution in [-0.4, -0.2) is 18.8 Å². The van der Waals surface area contributed by atoms with Crippen LogP contribution in [0.3, 0.4) is 0 Å². The Labute approximate surface area is 99.5 Å². The second-order valence-corrected chi connectivity index (χ2v) is 11.9. The molecule has 1 nitrogen and oxygen atoms in total. The third-order valence-corrected chi connectivity index (χ3v) is 5.08. The third-order valence-electron chi connectivity index (χ3n) is 3.36. The van der Waals surface area contributed by atoms with Crippen molar-refractivity contribution in [2.45, 2.75) is 50.5 Å². The van der Waals surface area contributed by atoms with Crippen LogP contribution < -0.4 is 0 Å². The topological polar surface area (TPSA) is 20.2 Å². The predicted molar refractivity (Wildman–Crippen MR) is 71.6 cm³/mol. The first kappa shape index (κ1) is 11.9. The van der Waals surface area contributed by atoms with Crippen molar-refractivity contribution in [3.05, 3.63) is 35.4 Å².